The van der Waals surface area contributed by atoms with Crippen LogP contribution in [0.25, 0.3) is 0 Å². The molecule has 2 aromatic rings. The maximum Gasteiger partial charge on any atom is 0.229 e. The van der Waals surface area contributed by atoms with E-state index in [1.807, 2.05) is 18.2 Å². The molecule has 3 aliphatic heterocycles. The molecule has 1 aromatic carbocycles. The van der Waals surface area contributed by atoms with Crippen LogP contribution in [-0.2, 0) is 0 Å². The van der Waals surface area contributed by atoms with E-state index in [-0.39, 0.29) is 29.0 Å². The molecule has 9 heteroatoms. The molecule has 5 rings (SSSR count). The monoisotopic (exact) mass is 498 g/mol. The molecule has 36 heavy (non-hydrogen) atoms. The predicted octanol–water partition coefficient (Wildman–Crippen LogP) is 4.71. The third-order valence-electron chi connectivity index (χ3n) is 7.10. The number of halogens is 1. The lowest BCUT2D eigenvalue weighted by Gasteiger charge is -2.46. The Morgan fingerprint density at radius 1 is 1.08 bits per heavy atom. The average molecular weight is 499 g/mol. The summed E-state index contributed by atoms with van der Waals surface area (Å²) in [6.45, 7) is 12.4. The molecule has 4 heterocycles. The Morgan fingerprint density at radius 2 is 1.83 bits per heavy atom. The minimum absolute atomic E-state index is 0.0356. The predicted molar refractivity (Wildman–Crippen MR) is 140 cm³/mol. The molecule has 0 spiro atoms. The summed E-state index contributed by atoms with van der Waals surface area (Å²) < 4.78 is 26.8. The molecule has 1 atom stereocenters. The van der Waals surface area contributed by atoms with Crippen LogP contribution in [0.4, 0.5) is 21.8 Å². The van der Waals surface area contributed by atoms with Gasteiger partial charge in [0.2, 0.25) is 5.95 Å². The van der Waals surface area contributed by atoms with E-state index in [4.69, 9.17) is 9.47 Å². The van der Waals surface area contributed by atoms with Crippen molar-refractivity contribution in [3.05, 3.63) is 30.2 Å². The van der Waals surface area contributed by atoms with E-state index in [9.17, 15) is 4.39 Å². The second-order valence-electron chi connectivity index (χ2n) is 11.7. The number of hydrogen-bond acceptors (Lipinski definition) is 8. The zero-order valence-electron chi connectivity index (χ0n) is 21.9. The molecule has 196 valence electrons. The number of rotatable bonds is 6. The molecule has 0 amide bonds. The molecule has 2 saturated heterocycles. The van der Waals surface area contributed by atoms with Gasteiger partial charge in [0.05, 0.1) is 6.20 Å². The molecule has 3 aliphatic rings. The Bertz CT molecular complexity index is 1060. The standard InChI is InChI=1S/C27H39FN6O2/c1-26(2)13-19(14-27(3,4)33-26)30-24-21(28)15-29-25(32-24)31-18-8-9-22-23(12-18)35-17-20(36-22)16-34-10-6-5-7-11-34/h8-9,12,15,19-20,33H,5-7,10-11,13-14,16-17H2,1-4H3,(H2,29,30,31,32). The first-order valence-electron chi connectivity index (χ1n) is 13.2. The van der Waals surface area contributed by atoms with Gasteiger partial charge in [-0.3, -0.25) is 4.90 Å². The number of benzene rings is 1. The highest BCUT2D eigenvalue weighted by Gasteiger charge is 2.38. The van der Waals surface area contributed by atoms with Gasteiger partial charge in [0, 0.05) is 35.4 Å². The first-order chi connectivity index (χ1) is 17.1. The smallest absolute Gasteiger partial charge is 0.229 e. The van der Waals surface area contributed by atoms with Crippen LogP contribution in [-0.4, -0.2) is 64.3 Å². The van der Waals surface area contributed by atoms with Crippen molar-refractivity contribution in [2.45, 2.75) is 83.0 Å². The summed E-state index contributed by atoms with van der Waals surface area (Å²) in [7, 11) is 0. The van der Waals surface area contributed by atoms with E-state index in [0.717, 1.165) is 43.9 Å². The molecule has 0 radical (unpaired) electrons. The van der Waals surface area contributed by atoms with Gasteiger partial charge in [-0.15, -0.1) is 0 Å². The van der Waals surface area contributed by atoms with Gasteiger partial charge in [-0.25, -0.2) is 9.37 Å². The summed E-state index contributed by atoms with van der Waals surface area (Å²) in [5.74, 6) is 1.51. The van der Waals surface area contributed by atoms with E-state index in [2.05, 4.69) is 58.5 Å². The Kier molecular flexibility index (Phi) is 6.96. The number of likely N-dealkylation sites (tertiary alicyclic amines) is 1. The lowest BCUT2D eigenvalue weighted by atomic mass is 9.79. The molecule has 0 saturated carbocycles. The number of piperidine rings is 2. The van der Waals surface area contributed by atoms with Crippen LogP contribution in [0.2, 0.25) is 0 Å². The average Bonchev–Trinajstić information content (AvgIpc) is 2.80. The van der Waals surface area contributed by atoms with Gasteiger partial charge in [0.25, 0.3) is 0 Å². The summed E-state index contributed by atoms with van der Waals surface area (Å²) in [4.78, 5) is 11.0. The van der Waals surface area contributed by atoms with Gasteiger partial charge in [0.1, 0.15) is 12.7 Å². The fourth-order valence-corrected chi connectivity index (χ4v) is 5.99. The highest BCUT2D eigenvalue weighted by atomic mass is 19.1. The largest absolute Gasteiger partial charge is 0.486 e. The van der Waals surface area contributed by atoms with E-state index in [1.165, 1.54) is 25.5 Å². The fourth-order valence-electron chi connectivity index (χ4n) is 5.99. The molecule has 0 aliphatic carbocycles. The van der Waals surface area contributed by atoms with Crippen molar-refractivity contribution in [1.82, 2.24) is 20.2 Å². The van der Waals surface area contributed by atoms with Crippen molar-refractivity contribution >= 4 is 17.5 Å². The lowest BCUT2D eigenvalue weighted by Crippen LogP contribution is -2.60. The van der Waals surface area contributed by atoms with Gasteiger partial charge < -0.3 is 25.4 Å². The molecule has 1 unspecified atom stereocenters. The zero-order valence-corrected chi connectivity index (χ0v) is 21.9. The van der Waals surface area contributed by atoms with E-state index in [0.29, 0.717) is 18.3 Å². The van der Waals surface area contributed by atoms with Crippen molar-refractivity contribution in [3.63, 3.8) is 0 Å². The van der Waals surface area contributed by atoms with E-state index in [1.54, 1.807) is 0 Å². The topological polar surface area (TPSA) is 83.6 Å². The summed E-state index contributed by atoms with van der Waals surface area (Å²) in [6, 6.07) is 5.79. The van der Waals surface area contributed by atoms with Crippen LogP contribution >= 0.6 is 0 Å². The highest BCUT2D eigenvalue weighted by Crippen LogP contribution is 2.35. The summed E-state index contributed by atoms with van der Waals surface area (Å²) in [5, 5.41) is 10.2. The van der Waals surface area contributed by atoms with Gasteiger partial charge in [-0.05, 0) is 78.6 Å². The van der Waals surface area contributed by atoms with E-state index < -0.39 is 5.82 Å². The summed E-state index contributed by atoms with van der Waals surface area (Å²) >= 11 is 0. The van der Waals surface area contributed by atoms with Crippen LogP contribution in [0.3, 0.4) is 0 Å². The molecule has 8 nitrogen and oxygen atoms in total. The van der Waals surface area contributed by atoms with Gasteiger partial charge in [0.15, 0.2) is 23.1 Å². The van der Waals surface area contributed by atoms with Crippen molar-refractivity contribution in [2.24, 2.45) is 0 Å². The number of hydrogen-bond donors (Lipinski definition) is 3. The summed E-state index contributed by atoms with van der Waals surface area (Å²) in [5.41, 5.74) is 0.651. The van der Waals surface area contributed by atoms with Crippen LogP contribution in [0.5, 0.6) is 11.5 Å². The molecule has 3 N–H and O–H groups in total. The van der Waals surface area contributed by atoms with Crippen LogP contribution in [0.1, 0.15) is 59.8 Å². The number of aromatic nitrogens is 2. The first-order valence-corrected chi connectivity index (χ1v) is 13.2. The minimum Gasteiger partial charge on any atom is -0.486 e. The molecule has 2 fully saturated rings. The molecular formula is C27H39FN6O2. The third kappa shape index (κ3) is 6.18. The van der Waals surface area contributed by atoms with Gasteiger partial charge in [-0.1, -0.05) is 6.42 Å². The maximum atomic E-state index is 14.6. The quantitative estimate of drug-likeness (QED) is 0.528. The number of nitrogens with one attached hydrogen (secondary N) is 3. The Morgan fingerprint density at radius 3 is 2.58 bits per heavy atom. The maximum absolute atomic E-state index is 14.6. The lowest BCUT2D eigenvalue weighted by molar-refractivity contribution is 0.0533. The highest BCUT2D eigenvalue weighted by molar-refractivity contribution is 5.61. The third-order valence-corrected chi connectivity index (χ3v) is 7.10. The van der Waals surface area contributed by atoms with Crippen LogP contribution in [0.15, 0.2) is 24.4 Å². The van der Waals surface area contributed by atoms with Crippen molar-refractivity contribution in [2.75, 3.05) is 36.9 Å². The van der Waals surface area contributed by atoms with Crippen molar-refractivity contribution < 1.29 is 13.9 Å². The van der Waals surface area contributed by atoms with Gasteiger partial charge in [-0.2, -0.15) is 4.98 Å². The van der Waals surface area contributed by atoms with Crippen molar-refractivity contribution in [1.29, 1.82) is 0 Å². The molecule has 0 bridgehead atoms. The minimum atomic E-state index is -0.461. The second-order valence-corrected chi connectivity index (χ2v) is 11.7. The normalized spacial score (nSPS) is 23.8. The second kappa shape index (κ2) is 10.0. The zero-order chi connectivity index (χ0) is 25.3. The Labute approximate surface area is 213 Å². The first kappa shape index (κ1) is 25.0. The SMILES string of the molecule is CC1(C)CC(Nc2nc(Nc3ccc4c(c3)OCC(CN3CCCCC3)O4)ncc2F)CC(C)(C)N1. The van der Waals surface area contributed by atoms with E-state index >= 15 is 0 Å². The number of fused-ring (bicyclic) bond motifs is 1. The van der Waals surface area contributed by atoms with Crippen molar-refractivity contribution in [3.8, 4) is 11.5 Å². The van der Waals surface area contributed by atoms with Crippen LogP contribution in [0, 0.1) is 5.82 Å². The Hall–Kier alpha value is -2.65. The summed E-state index contributed by atoms with van der Waals surface area (Å²) in [6.07, 6.45) is 6.81. The molecular weight excluding hydrogens is 459 g/mol. The number of ether oxygens (including phenoxy) is 2. The van der Waals surface area contributed by atoms with Crippen LogP contribution < -0.4 is 25.4 Å². The molecule has 1 aromatic heterocycles. The number of nitrogens with zero attached hydrogens (tertiary/aromatic N) is 3. The number of anilines is 3. The van der Waals surface area contributed by atoms with Gasteiger partial charge >= 0.3 is 0 Å². The Balaban J connectivity index is 1.23. The fraction of sp³-hybridized carbons (Fsp3) is 0.630.